The van der Waals surface area contributed by atoms with E-state index in [1.807, 2.05) is 0 Å². The third-order valence-electron chi connectivity index (χ3n) is 2.31. The van der Waals surface area contributed by atoms with Crippen molar-refractivity contribution >= 4 is 11.8 Å². The minimum Gasteiger partial charge on any atom is -0.493 e. The number of hydrogen-bond acceptors (Lipinski definition) is 5. The predicted octanol–water partition coefficient (Wildman–Crippen LogP) is 1.40. The van der Waals surface area contributed by atoms with Crippen LogP contribution in [-0.4, -0.2) is 39.3 Å². The summed E-state index contributed by atoms with van der Waals surface area (Å²) in [5.74, 6) is -1.92. The Kier molecular flexibility index (Phi) is 4.65. The predicted molar refractivity (Wildman–Crippen MR) is 60.8 cm³/mol. The number of Topliss-reactive ketones (excluding diaryl/α,β-unsaturated/α-hetero) is 1. The monoisotopic (exact) mass is 256 g/mol. The van der Waals surface area contributed by atoms with E-state index in [9.17, 15) is 14.0 Å². The molecule has 0 saturated heterocycles. The SMILES string of the molecule is COC(=O)C(F)C(=O)c1cccc(OC)c1OC. The number of hydrogen-bond donors (Lipinski definition) is 0. The molecule has 0 radical (unpaired) electrons. The number of methoxy groups -OCH3 is 3. The molecule has 98 valence electrons. The van der Waals surface area contributed by atoms with Crippen LogP contribution in [0.3, 0.4) is 0 Å². The van der Waals surface area contributed by atoms with Crippen molar-refractivity contribution < 1.29 is 28.2 Å². The summed E-state index contributed by atoms with van der Waals surface area (Å²) in [5, 5.41) is 0. The topological polar surface area (TPSA) is 61.8 Å². The standard InChI is InChI=1S/C12H13FO5/c1-16-8-6-4-5-7(11(8)17-2)10(14)9(13)12(15)18-3/h4-6,9H,1-3H3. The Morgan fingerprint density at radius 1 is 1.17 bits per heavy atom. The molecule has 0 spiro atoms. The lowest BCUT2D eigenvalue weighted by Gasteiger charge is -2.12. The smallest absolute Gasteiger partial charge is 0.348 e. The van der Waals surface area contributed by atoms with Crippen LogP contribution in [0.1, 0.15) is 10.4 Å². The van der Waals surface area contributed by atoms with Gasteiger partial charge in [-0.3, -0.25) is 4.79 Å². The maximum absolute atomic E-state index is 13.5. The molecule has 0 aliphatic heterocycles. The van der Waals surface area contributed by atoms with Crippen molar-refractivity contribution in [2.24, 2.45) is 0 Å². The summed E-state index contributed by atoms with van der Waals surface area (Å²) in [6.45, 7) is 0. The van der Waals surface area contributed by atoms with Gasteiger partial charge >= 0.3 is 5.97 Å². The van der Waals surface area contributed by atoms with Crippen LogP contribution in [0, 0.1) is 0 Å². The molecule has 1 aromatic carbocycles. The van der Waals surface area contributed by atoms with Crippen molar-refractivity contribution in [3.63, 3.8) is 0 Å². The maximum atomic E-state index is 13.5. The number of alkyl halides is 1. The molecule has 0 heterocycles. The van der Waals surface area contributed by atoms with Gasteiger partial charge in [-0.25, -0.2) is 9.18 Å². The second kappa shape index (κ2) is 6.00. The maximum Gasteiger partial charge on any atom is 0.348 e. The van der Waals surface area contributed by atoms with Gasteiger partial charge in [0.15, 0.2) is 11.5 Å². The summed E-state index contributed by atoms with van der Waals surface area (Å²) >= 11 is 0. The van der Waals surface area contributed by atoms with E-state index in [0.29, 0.717) is 0 Å². The fraction of sp³-hybridized carbons (Fsp3) is 0.333. The number of esters is 1. The van der Waals surface area contributed by atoms with Crippen molar-refractivity contribution in [1.29, 1.82) is 0 Å². The fourth-order valence-corrected chi connectivity index (χ4v) is 1.43. The first-order valence-corrected chi connectivity index (χ1v) is 5.03. The summed E-state index contributed by atoms with van der Waals surface area (Å²) in [4.78, 5) is 22.8. The Labute approximate surface area is 103 Å². The van der Waals surface area contributed by atoms with Crippen LogP contribution in [0.5, 0.6) is 11.5 Å². The molecule has 18 heavy (non-hydrogen) atoms. The largest absolute Gasteiger partial charge is 0.493 e. The molecule has 1 unspecified atom stereocenters. The Balaban J connectivity index is 3.17. The zero-order valence-corrected chi connectivity index (χ0v) is 10.2. The highest BCUT2D eigenvalue weighted by Crippen LogP contribution is 2.31. The minimum absolute atomic E-state index is 0.0743. The van der Waals surface area contributed by atoms with Crippen molar-refractivity contribution in [1.82, 2.24) is 0 Å². The van der Waals surface area contributed by atoms with Crippen LogP contribution < -0.4 is 9.47 Å². The first-order valence-electron chi connectivity index (χ1n) is 5.03. The van der Waals surface area contributed by atoms with Crippen LogP contribution in [0.15, 0.2) is 18.2 Å². The van der Waals surface area contributed by atoms with E-state index in [-0.39, 0.29) is 17.1 Å². The van der Waals surface area contributed by atoms with E-state index >= 15 is 0 Å². The van der Waals surface area contributed by atoms with E-state index in [1.165, 1.54) is 26.4 Å². The van der Waals surface area contributed by atoms with Gasteiger partial charge in [0.25, 0.3) is 6.17 Å². The molecular weight excluding hydrogens is 243 g/mol. The molecular formula is C12H13FO5. The normalized spacial score (nSPS) is 11.6. The molecule has 0 amide bonds. The van der Waals surface area contributed by atoms with Crippen molar-refractivity contribution in [3.05, 3.63) is 23.8 Å². The van der Waals surface area contributed by atoms with Crippen LogP contribution >= 0.6 is 0 Å². The van der Waals surface area contributed by atoms with Gasteiger partial charge in [0.2, 0.25) is 5.78 Å². The zero-order valence-electron chi connectivity index (χ0n) is 10.2. The van der Waals surface area contributed by atoms with E-state index in [2.05, 4.69) is 4.74 Å². The Morgan fingerprint density at radius 2 is 1.83 bits per heavy atom. The number of halogens is 1. The van der Waals surface area contributed by atoms with Gasteiger partial charge in [0.1, 0.15) is 0 Å². The number of ketones is 1. The van der Waals surface area contributed by atoms with Gasteiger partial charge in [0.05, 0.1) is 26.9 Å². The van der Waals surface area contributed by atoms with Crippen molar-refractivity contribution in [2.75, 3.05) is 21.3 Å². The molecule has 0 aromatic heterocycles. The zero-order chi connectivity index (χ0) is 13.7. The Bertz CT molecular complexity index is 458. The van der Waals surface area contributed by atoms with E-state index in [0.717, 1.165) is 7.11 Å². The summed E-state index contributed by atoms with van der Waals surface area (Å²) in [5.41, 5.74) is -0.0743. The molecule has 1 rings (SSSR count). The third-order valence-corrected chi connectivity index (χ3v) is 2.31. The number of para-hydroxylation sites is 1. The second-order valence-electron chi connectivity index (χ2n) is 3.29. The van der Waals surface area contributed by atoms with Crippen molar-refractivity contribution in [3.8, 4) is 11.5 Å². The molecule has 0 N–H and O–H groups in total. The lowest BCUT2D eigenvalue weighted by molar-refractivity contribution is -0.144. The summed E-state index contributed by atoms with van der Waals surface area (Å²) in [7, 11) is 3.71. The lowest BCUT2D eigenvalue weighted by Crippen LogP contribution is -2.27. The van der Waals surface area contributed by atoms with Gasteiger partial charge in [0, 0.05) is 0 Å². The summed E-state index contributed by atoms with van der Waals surface area (Å²) in [6, 6.07) is 4.40. The highest BCUT2D eigenvalue weighted by atomic mass is 19.1. The first-order chi connectivity index (χ1) is 8.56. The fourth-order valence-electron chi connectivity index (χ4n) is 1.43. The van der Waals surface area contributed by atoms with Crippen molar-refractivity contribution in [2.45, 2.75) is 6.17 Å². The highest BCUT2D eigenvalue weighted by Gasteiger charge is 2.31. The highest BCUT2D eigenvalue weighted by molar-refractivity contribution is 6.12. The third kappa shape index (κ3) is 2.58. The van der Waals surface area contributed by atoms with Crippen LogP contribution in [-0.2, 0) is 9.53 Å². The molecule has 1 aromatic rings. The molecule has 0 fully saturated rings. The molecule has 6 heteroatoms. The Hall–Kier alpha value is -2.11. The molecule has 0 aliphatic rings. The molecule has 1 atom stereocenters. The summed E-state index contributed by atoms with van der Waals surface area (Å²) in [6.07, 6.45) is -2.38. The molecule has 0 aliphatic carbocycles. The first kappa shape index (κ1) is 14.0. The molecule has 0 bridgehead atoms. The van der Waals surface area contributed by atoms with Gasteiger partial charge in [-0.1, -0.05) is 6.07 Å². The molecule has 5 nitrogen and oxygen atoms in total. The molecule has 0 saturated carbocycles. The van der Waals surface area contributed by atoms with Gasteiger partial charge in [-0.2, -0.15) is 0 Å². The van der Waals surface area contributed by atoms with Crippen LogP contribution in [0.4, 0.5) is 4.39 Å². The minimum atomic E-state index is -2.38. The van der Waals surface area contributed by atoms with Gasteiger partial charge < -0.3 is 14.2 Å². The number of ether oxygens (including phenoxy) is 3. The van der Waals surface area contributed by atoms with Crippen LogP contribution in [0.2, 0.25) is 0 Å². The van der Waals surface area contributed by atoms with E-state index < -0.39 is 17.9 Å². The number of carbonyl (C=O) groups excluding carboxylic acids is 2. The quantitative estimate of drug-likeness (QED) is 0.452. The number of benzene rings is 1. The lowest BCUT2D eigenvalue weighted by atomic mass is 10.1. The van der Waals surface area contributed by atoms with Crippen LogP contribution in [0.25, 0.3) is 0 Å². The number of carbonyl (C=O) groups is 2. The summed E-state index contributed by atoms with van der Waals surface area (Å²) < 4.78 is 27.7. The van der Waals surface area contributed by atoms with Gasteiger partial charge in [-0.15, -0.1) is 0 Å². The average molecular weight is 256 g/mol. The van der Waals surface area contributed by atoms with E-state index in [4.69, 9.17) is 9.47 Å². The number of rotatable bonds is 5. The second-order valence-corrected chi connectivity index (χ2v) is 3.29. The van der Waals surface area contributed by atoms with E-state index in [1.54, 1.807) is 6.07 Å². The van der Waals surface area contributed by atoms with Gasteiger partial charge in [-0.05, 0) is 12.1 Å². The Morgan fingerprint density at radius 3 is 2.33 bits per heavy atom. The average Bonchev–Trinajstić information content (AvgIpc) is 2.43.